The van der Waals surface area contributed by atoms with Crippen LogP contribution >= 0.6 is 15.9 Å². The zero-order valence-electron chi connectivity index (χ0n) is 10.2. The van der Waals surface area contributed by atoms with Gasteiger partial charge in [-0.2, -0.15) is 0 Å². The Morgan fingerprint density at radius 2 is 2.17 bits per heavy atom. The number of rotatable bonds is 0. The molecule has 3 rings (SSSR count). The molecule has 2 unspecified atom stereocenters. The number of hydrogen-bond acceptors (Lipinski definition) is 3. The predicted octanol–water partition coefficient (Wildman–Crippen LogP) is 3.20. The smallest absolute Gasteiger partial charge is 0.127 e. The van der Waals surface area contributed by atoms with E-state index in [1.807, 2.05) is 18.2 Å². The van der Waals surface area contributed by atoms with Gasteiger partial charge < -0.3 is 14.6 Å². The van der Waals surface area contributed by atoms with Gasteiger partial charge in [-0.25, -0.2) is 0 Å². The van der Waals surface area contributed by atoms with Crippen LogP contribution in [0.25, 0.3) is 0 Å². The normalized spacial score (nSPS) is 31.6. The van der Waals surface area contributed by atoms with Crippen LogP contribution in [0.15, 0.2) is 22.7 Å². The van der Waals surface area contributed by atoms with Gasteiger partial charge in [0.1, 0.15) is 11.4 Å². The first-order valence-electron chi connectivity index (χ1n) is 6.43. The van der Waals surface area contributed by atoms with Gasteiger partial charge >= 0.3 is 0 Å². The van der Waals surface area contributed by atoms with Crippen LogP contribution in [0.4, 0.5) is 0 Å². The molecule has 0 amide bonds. The largest absolute Gasteiger partial charge is 0.487 e. The van der Waals surface area contributed by atoms with E-state index in [-0.39, 0.29) is 5.60 Å². The molecule has 18 heavy (non-hydrogen) atoms. The minimum absolute atomic E-state index is 0.246. The third kappa shape index (κ3) is 2.29. The number of ether oxygens (including phenoxy) is 2. The Labute approximate surface area is 115 Å². The van der Waals surface area contributed by atoms with Crippen LogP contribution in [0.2, 0.25) is 0 Å². The minimum atomic E-state index is -0.431. The summed E-state index contributed by atoms with van der Waals surface area (Å²) in [6.07, 6.45) is 3.05. The van der Waals surface area contributed by atoms with Crippen LogP contribution in [-0.2, 0) is 4.74 Å². The fourth-order valence-corrected chi connectivity index (χ4v) is 3.24. The third-order valence-corrected chi connectivity index (χ3v) is 4.34. The molecule has 1 N–H and O–H groups in total. The molecule has 1 aromatic rings. The monoisotopic (exact) mass is 312 g/mol. The summed E-state index contributed by atoms with van der Waals surface area (Å²) in [5.41, 5.74) is 0.651. The molecule has 1 spiro atoms. The number of fused-ring (bicyclic) bond motifs is 1. The standard InChI is InChI=1S/C14H17BrO3/c15-10-2-3-11-12(16)9-14(18-13(11)8-10)4-1-6-17-7-5-14/h2-3,8,12,16H,1,4-7,9H2. The van der Waals surface area contributed by atoms with E-state index in [4.69, 9.17) is 9.47 Å². The first kappa shape index (κ1) is 12.5. The van der Waals surface area contributed by atoms with Crippen molar-refractivity contribution in [1.29, 1.82) is 0 Å². The lowest BCUT2D eigenvalue weighted by Crippen LogP contribution is -2.41. The van der Waals surface area contributed by atoms with Crippen LogP contribution in [0.3, 0.4) is 0 Å². The molecule has 3 nitrogen and oxygen atoms in total. The van der Waals surface area contributed by atoms with E-state index in [1.165, 1.54) is 0 Å². The Bertz CT molecular complexity index is 439. The molecule has 2 heterocycles. The van der Waals surface area contributed by atoms with Crippen molar-refractivity contribution >= 4 is 15.9 Å². The summed E-state index contributed by atoms with van der Waals surface area (Å²) >= 11 is 3.45. The number of benzene rings is 1. The number of aliphatic hydroxyl groups excluding tert-OH is 1. The second-order valence-corrected chi connectivity index (χ2v) is 6.07. The predicted molar refractivity (Wildman–Crippen MR) is 71.7 cm³/mol. The molecule has 1 saturated heterocycles. The van der Waals surface area contributed by atoms with E-state index in [9.17, 15) is 5.11 Å². The van der Waals surface area contributed by atoms with Gasteiger partial charge in [-0.1, -0.05) is 22.0 Å². The molecule has 0 radical (unpaired) electrons. The lowest BCUT2D eigenvalue weighted by molar-refractivity contribution is -0.0272. The molecule has 4 heteroatoms. The fourth-order valence-electron chi connectivity index (χ4n) is 2.90. The van der Waals surface area contributed by atoms with E-state index in [0.717, 1.165) is 48.3 Å². The van der Waals surface area contributed by atoms with Gasteiger partial charge in [0.25, 0.3) is 0 Å². The van der Waals surface area contributed by atoms with Crippen molar-refractivity contribution in [1.82, 2.24) is 0 Å². The van der Waals surface area contributed by atoms with E-state index in [1.54, 1.807) is 0 Å². The Balaban J connectivity index is 1.93. The summed E-state index contributed by atoms with van der Waals surface area (Å²) in [4.78, 5) is 0. The van der Waals surface area contributed by atoms with Gasteiger partial charge in [0.2, 0.25) is 0 Å². The average molecular weight is 313 g/mol. The second-order valence-electron chi connectivity index (χ2n) is 5.15. The Morgan fingerprint density at radius 1 is 1.28 bits per heavy atom. The summed E-state index contributed by atoms with van der Waals surface area (Å²) in [6, 6.07) is 5.83. The highest BCUT2D eigenvalue weighted by Gasteiger charge is 2.40. The van der Waals surface area contributed by atoms with Crippen molar-refractivity contribution in [3.05, 3.63) is 28.2 Å². The van der Waals surface area contributed by atoms with E-state index in [2.05, 4.69) is 15.9 Å². The van der Waals surface area contributed by atoms with Crippen molar-refractivity contribution in [3.63, 3.8) is 0 Å². The van der Waals surface area contributed by atoms with E-state index >= 15 is 0 Å². The van der Waals surface area contributed by atoms with Crippen molar-refractivity contribution in [2.24, 2.45) is 0 Å². The van der Waals surface area contributed by atoms with Crippen LogP contribution in [0, 0.1) is 0 Å². The highest BCUT2D eigenvalue weighted by atomic mass is 79.9. The maximum Gasteiger partial charge on any atom is 0.127 e. The SMILES string of the molecule is OC1CC2(CCCOCC2)Oc2cc(Br)ccc21. The van der Waals surface area contributed by atoms with Gasteiger partial charge in [-0.3, -0.25) is 0 Å². The third-order valence-electron chi connectivity index (χ3n) is 3.85. The van der Waals surface area contributed by atoms with Crippen molar-refractivity contribution in [2.45, 2.75) is 37.4 Å². The van der Waals surface area contributed by atoms with Gasteiger partial charge in [-0.05, 0) is 25.0 Å². The zero-order chi connectivity index (χ0) is 12.6. The maximum atomic E-state index is 10.3. The molecule has 0 aromatic heterocycles. The highest BCUT2D eigenvalue weighted by Crippen LogP contribution is 2.44. The molecule has 2 aliphatic rings. The van der Waals surface area contributed by atoms with Gasteiger partial charge in [-0.15, -0.1) is 0 Å². The van der Waals surface area contributed by atoms with Crippen LogP contribution in [0.5, 0.6) is 5.75 Å². The highest BCUT2D eigenvalue weighted by molar-refractivity contribution is 9.10. The number of aliphatic hydroxyl groups is 1. The molecule has 2 aliphatic heterocycles. The minimum Gasteiger partial charge on any atom is -0.487 e. The summed E-state index contributed by atoms with van der Waals surface area (Å²) < 4.78 is 12.7. The first-order valence-corrected chi connectivity index (χ1v) is 7.22. The molecule has 98 valence electrons. The van der Waals surface area contributed by atoms with E-state index in [0.29, 0.717) is 6.42 Å². The molecule has 0 saturated carbocycles. The van der Waals surface area contributed by atoms with Crippen molar-refractivity contribution in [2.75, 3.05) is 13.2 Å². The molecule has 0 bridgehead atoms. The summed E-state index contributed by atoms with van der Waals surface area (Å²) in [7, 11) is 0. The van der Waals surface area contributed by atoms with Gasteiger partial charge in [0.05, 0.1) is 12.7 Å². The quantitative estimate of drug-likeness (QED) is 0.799. The van der Waals surface area contributed by atoms with Crippen molar-refractivity contribution < 1.29 is 14.6 Å². The topological polar surface area (TPSA) is 38.7 Å². The molecule has 0 aliphatic carbocycles. The maximum absolute atomic E-state index is 10.3. The molecule has 1 aromatic carbocycles. The summed E-state index contributed by atoms with van der Waals surface area (Å²) in [6.45, 7) is 1.52. The fraction of sp³-hybridized carbons (Fsp3) is 0.571. The van der Waals surface area contributed by atoms with Crippen LogP contribution < -0.4 is 4.74 Å². The lowest BCUT2D eigenvalue weighted by atomic mass is 9.83. The molecular formula is C14H17BrO3. The van der Waals surface area contributed by atoms with Crippen LogP contribution in [-0.4, -0.2) is 23.9 Å². The Morgan fingerprint density at radius 3 is 3.06 bits per heavy atom. The molecule has 1 fully saturated rings. The van der Waals surface area contributed by atoms with Crippen molar-refractivity contribution in [3.8, 4) is 5.75 Å². The average Bonchev–Trinajstić information content (AvgIpc) is 2.54. The first-order chi connectivity index (χ1) is 8.69. The summed E-state index contributed by atoms with van der Waals surface area (Å²) in [5.74, 6) is 0.810. The Kier molecular flexibility index (Phi) is 3.34. The Hall–Kier alpha value is -0.580. The van der Waals surface area contributed by atoms with Gasteiger partial charge in [0.15, 0.2) is 0 Å². The number of hydrogen-bond donors (Lipinski definition) is 1. The van der Waals surface area contributed by atoms with Crippen LogP contribution in [0.1, 0.15) is 37.4 Å². The van der Waals surface area contributed by atoms with Gasteiger partial charge in [0, 0.05) is 29.5 Å². The lowest BCUT2D eigenvalue weighted by Gasteiger charge is -2.40. The molecule has 2 atom stereocenters. The number of halogens is 1. The van der Waals surface area contributed by atoms with E-state index < -0.39 is 6.10 Å². The molecular weight excluding hydrogens is 296 g/mol. The summed E-state index contributed by atoms with van der Waals surface area (Å²) in [5, 5.41) is 10.3. The second kappa shape index (κ2) is 4.83. The zero-order valence-corrected chi connectivity index (χ0v) is 11.8.